The molecule has 0 amide bonds. The molecular formula is C36H58O9. The average Bonchev–Trinajstić information content (AvgIpc) is 3.26. The first-order chi connectivity index (χ1) is 21.0. The molecule has 0 aromatic rings. The smallest absolute Gasteiger partial charge is 0.186 e. The molecule has 2 heterocycles. The Labute approximate surface area is 268 Å². The molecule has 9 nitrogen and oxygen atoms in total. The van der Waals surface area contributed by atoms with Crippen LogP contribution in [-0.4, -0.2) is 99.0 Å². The number of ether oxygens (including phenoxy) is 3. The summed E-state index contributed by atoms with van der Waals surface area (Å²) in [6.45, 7) is 14.1. The Bertz CT molecular complexity index is 1210. The zero-order valence-electron chi connectivity index (χ0n) is 28.1. The van der Waals surface area contributed by atoms with Gasteiger partial charge >= 0.3 is 0 Å². The van der Waals surface area contributed by atoms with Crippen molar-refractivity contribution >= 4 is 0 Å². The van der Waals surface area contributed by atoms with Gasteiger partial charge in [0.25, 0.3) is 0 Å². The van der Waals surface area contributed by atoms with Gasteiger partial charge in [0.1, 0.15) is 24.4 Å². The molecule has 6 N–H and O–H groups in total. The van der Waals surface area contributed by atoms with Crippen LogP contribution in [0.15, 0.2) is 12.2 Å². The molecule has 1 unspecified atom stereocenters. The van der Waals surface area contributed by atoms with Gasteiger partial charge < -0.3 is 44.8 Å². The van der Waals surface area contributed by atoms with E-state index < -0.39 is 54.4 Å². The van der Waals surface area contributed by atoms with Crippen LogP contribution in [0.1, 0.15) is 92.9 Å². The lowest BCUT2D eigenvalue weighted by Gasteiger charge is -2.73. The summed E-state index contributed by atoms with van der Waals surface area (Å²) in [6.07, 6.45) is 4.55. The van der Waals surface area contributed by atoms with Gasteiger partial charge in [-0.3, -0.25) is 0 Å². The van der Waals surface area contributed by atoms with E-state index >= 15 is 0 Å². The van der Waals surface area contributed by atoms with Crippen LogP contribution in [0.25, 0.3) is 0 Å². The lowest BCUT2D eigenvalue weighted by atomic mass is 9.32. The number of fused-ring (bicyclic) bond motifs is 4. The van der Waals surface area contributed by atoms with Crippen LogP contribution in [-0.2, 0) is 14.2 Å². The maximum atomic E-state index is 12.0. The molecule has 4 saturated carbocycles. The second-order valence-electron chi connectivity index (χ2n) is 18.2. The number of hydrogen-bond donors (Lipinski definition) is 6. The predicted octanol–water partition coefficient (Wildman–Crippen LogP) is 2.93. The fourth-order valence-corrected chi connectivity index (χ4v) is 12.9. The van der Waals surface area contributed by atoms with Crippen LogP contribution < -0.4 is 0 Å². The van der Waals surface area contributed by atoms with E-state index in [1.807, 2.05) is 0 Å². The fraction of sp³-hybridized carbons (Fsp3) is 0.944. The second-order valence-corrected chi connectivity index (χ2v) is 18.2. The van der Waals surface area contributed by atoms with Gasteiger partial charge in [-0.15, -0.1) is 0 Å². The van der Waals surface area contributed by atoms with Crippen molar-refractivity contribution in [1.82, 2.24) is 0 Å². The van der Waals surface area contributed by atoms with Crippen LogP contribution in [0, 0.1) is 50.2 Å². The van der Waals surface area contributed by atoms with Gasteiger partial charge in [-0.2, -0.15) is 0 Å². The van der Waals surface area contributed by atoms with Crippen molar-refractivity contribution in [3.8, 4) is 0 Å². The number of aliphatic hydroxyl groups is 6. The summed E-state index contributed by atoms with van der Waals surface area (Å²) in [5, 5.41) is 64.2. The van der Waals surface area contributed by atoms with E-state index in [-0.39, 0.29) is 57.5 Å². The van der Waals surface area contributed by atoms with Crippen molar-refractivity contribution < 1.29 is 44.8 Å². The molecule has 9 heteroatoms. The standard InChI is InChI=1S/C36H58O9/c1-30(2)13-14-35-19-43-36(23(35)15-30)12-8-22-31(3)10-9-25(45-29-28(42)27(41)26(40)20(17-37)44-29)32(4,18-38)21(31)7-11-33(22,5)34(36,6)16-24(35)39/h8,12,20-29,37-42H,7,9-11,13-19H2,1-6H3/t20-,21-,22-,23-,24?,25+,26+,27+,28-,29+,31+,32+,33-,34+,35-,36+/m1/s1. The lowest BCUT2D eigenvalue weighted by molar-refractivity contribution is -0.334. The van der Waals surface area contributed by atoms with Crippen LogP contribution in [0.5, 0.6) is 0 Å². The van der Waals surface area contributed by atoms with Crippen molar-refractivity contribution in [2.24, 2.45) is 50.2 Å². The molecule has 45 heavy (non-hydrogen) atoms. The Hall–Kier alpha value is -0.620. The van der Waals surface area contributed by atoms with Crippen molar-refractivity contribution in [2.45, 2.75) is 141 Å². The summed E-state index contributed by atoms with van der Waals surface area (Å²) in [7, 11) is 0. The SMILES string of the molecule is CC1(C)CC[C@]23CO[C@@]4(C=C[C@@H]5[C@@]6(C)CC[C@H](O[C@@H]7O[C@H](CO)[C@H](O)[C@H](O)[C@H]7O)[C@@](C)(CO)[C@@H]6CC[C@@]5(C)[C@]4(C)CC2O)[C@@H]3C1. The summed E-state index contributed by atoms with van der Waals surface area (Å²) in [5.74, 6) is 0.594. The van der Waals surface area contributed by atoms with Crippen LogP contribution >= 0.6 is 0 Å². The first-order valence-corrected chi connectivity index (χ1v) is 17.6. The molecule has 5 aliphatic carbocycles. The largest absolute Gasteiger partial charge is 0.396 e. The quantitative estimate of drug-likeness (QED) is 0.203. The molecule has 2 bridgehead atoms. The highest BCUT2D eigenvalue weighted by Gasteiger charge is 2.79. The third-order valence-electron chi connectivity index (χ3n) is 15.8. The summed E-state index contributed by atoms with van der Waals surface area (Å²) in [6, 6.07) is 0. The number of aliphatic hydroxyl groups excluding tert-OH is 6. The van der Waals surface area contributed by atoms with E-state index in [4.69, 9.17) is 14.2 Å². The fourth-order valence-electron chi connectivity index (χ4n) is 12.9. The predicted molar refractivity (Wildman–Crippen MR) is 166 cm³/mol. The molecule has 0 radical (unpaired) electrons. The van der Waals surface area contributed by atoms with Gasteiger partial charge in [-0.25, -0.2) is 0 Å². The van der Waals surface area contributed by atoms with Gasteiger partial charge in [-0.1, -0.05) is 53.7 Å². The van der Waals surface area contributed by atoms with Gasteiger partial charge in [0.2, 0.25) is 0 Å². The third kappa shape index (κ3) is 3.99. The molecule has 2 saturated heterocycles. The molecule has 2 aliphatic heterocycles. The van der Waals surface area contributed by atoms with Gasteiger partial charge in [0.15, 0.2) is 6.29 Å². The minimum absolute atomic E-state index is 0.102. The van der Waals surface area contributed by atoms with Crippen LogP contribution in [0.2, 0.25) is 0 Å². The van der Waals surface area contributed by atoms with Crippen molar-refractivity contribution in [1.29, 1.82) is 0 Å². The lowest BCUT2D eigenvalue weighted by Crippen LogP contribution is -2.72. The highest BCUT2D eigenvalue weighted by Crippen LogP contribution is 2.79. The monoisotopic (exact) mass is 634 g/mol. The Morgan fingerprint density at radius 3 is 2.24 bits per heavy atom. The summed E-state index contributed by atoms with van der Waals surface area (Å²) in [5.41, 5.74) is -1.57. The third-order valence-corrected chi connectivity index (χ3v) is 15.8. The first kappa shape index (κ1) is 32.9. The number of rotatable bonds is 4. The molecule has 1 spiro atoms. The van der Waals surface area contributed by atoms with Gasteiger partial charge in [0, 0.05) is 22.2 Å². The highest BCUT2D eigenvalue weighted by atomic mass is 16.7. The molecule has 7 aliphatic rings. The van der Waals surface area contributed by atoms with Crippen molar-refractivity contribution in [2.75, 3.05) is 19.8 Å². The number of hydrogen-bond acceptors (Lipinski definition) is 9. The van der Waals surface area contributed by atoms with Crippen LogP contribution in [0.3, 0.4) is 0 Å². The zero-order chi connectivity index (χ0) is 32.6. The van der Waals surface area contributed by atoms with E-state index in [0.717, 1.165) is 44.9 Å². The van der Waals surface area contributed by atoms with E-state index in [1.165, 1.54) is 0 Å². The Morgan fingerprint density at radius 1 is 0.822 bits per heavy atom. The Kier molecular flexibility index (Phi) is 7.46. The molecule has 0 aromatic carbocycles. The molecule has 6 fully saturated rings. The average molecular weight is 635 g/mol. The normalized spacial score (nSPS) is 59.9. The van der Waals surface area contributed by atoms with E-state index in [0.29, 0.717) is 13.0 Å². The Balaban J connectivity index is 1.22. The second kappa shape index (κ2) is 10.2. The Morgan fingerprint density at radius 2 is 1.56 bits per heavy atom. The molecular weight excluding hydrogens is 576 g/mol. The highest BCUT2D eigenvalue weighted by molar-refractivity contribution is 5.36. The zero-order valence-corrected chi connectivity index (χ0v) is 28.1. The van der Waals surface area contributed by atoms with Gasteiger partial charge in [-0.05, 0) is 79.4 Å². The van der Waals surface area contributed by atoms with E-state index in [9.17, 15) is 30.6 Å². The van der Waals surface area contributed by atoms with Crippen molar-refractivity contribution in [3.63, 3.8) is 0 Å². The van der Waals surface area contributed by atoms with Crippen molar-refractivity contribution in [3.05, 3.63) is 12.2 Å². The molecule has 0 aromatic heterocycles. The molecule has 7 rings (SSSR count). The minimum atomic E-state index is -1.51. The van der Waals surface area contributed by atoms with Crippen LogP contribution in [0.4, 0.5) is 0 Å². The van der Waals surface area contributed by atoms with Gasteiger partial charge in [0.05, 0.1) is 37.6 Å². The number of allylic oxidation sites excluding steroid dienone is 1. The molecule has 16 atom stereocenters. The topological polar surface area (TPSA) is 149 Å². The summed E-state index contributed by atoms with van der Waals surface area (Å²) < 4.78 is 19.2. The minimum Gasteiger partial charge on any atom is -0.396 e. The van der Waals surface area contributed by atoms with E-state index in [2.05, 4.69) is 53.7 Å². The first-order valence-electron chi connectivity index (χ1n) is 17.6. The van der Waals surface area contributed by atoms with E-state index in [1.54, 1.807) is 0 Å². The summed E-state index contributed by atoms with van der Waals surface area (Å²) in [4.78, 5) is 0. The maximum absolute atomic E-state index is 12.0. The maximum Gasteiger partial charge on any atom is 0.186 e. The summed E-state index contributed by atoms with van der Waals surface area (Å²) >= 11 is 0. The molecule has 256 valence electrons.